The highest BCUT2D eigenvalue weighted by Crippen LogP contribution is 2.38. The number of nitrogens with zero attached hydrogens (tertiary/aromatic N) is 1. The van der Waals surface area contributed by atoms with Crippen molar-refractivity contribution in [3.8, 4) is 22.3 Å². The SMILES string of the molecule is CC(C)CCNCc1cccc(COc2scc(-c3ccc(Cl)c(Cl)c3)c2C#N)c1. The first-order chi connectivity index (χ1) is 14.5. The molecule has 1 N–H and O–H groups in total. The number of benzene rings is 2. The molecule has 0 amide bonds. The third-order valence-electron chi connectivity index (χ3n) is 4.69. The van der Waals surface area contributed by atoms with Crippen LogP contribution in [0.1, 0.15) is 37.0 Å². The lowest BCUT2D eigenvalue weighted by atomic mass is 10.1. The average Bonchev–Trinajstić information content (AvgIpc) is 3.15. The van der Waals surface area contributed by atoms with Gasteiger partial charge in [-0.2, -0.15) is 5.26 Å². The summed E-state index contributed by atoms with van der Waals surface area (Å²) in [5.41, 5.74) is 4.47. The van der Waals surface area contributed by atoms with Gasteiger partial charge in [-0.25, -0.2) is 0 Å². The van der Waals surface area contributed by atoms with E-state index in [9.17, 15) is 5.26 Å². The van der Waals surface area contributed by atoms with E-state index in [1.165, 1.54) is 23.3 Å². The van der Waals surface area contributed by atoms with Crippen LogP contribution >= 0.6 is 34.5 Å². The monoisotopic (exact) mass is 458 g/mol. The summed E-state index contributed by atoms with van der Waals surface area (Å²) in [7, 11) is 0. The maximum Gasteiger partial charge on any atom is 0.192 e. The molecule has 0 aliphatic carbocycles. The fraction of sp³-hybridized carbons (Fsp3) is 0.292. The summed E-state index contributed by atoms with van der Waals surface area (Å²) in [5, 5.41) is 16.6. The Morgan fingerprint density at radius 3 is 2.63 bits per heavy atom. The van der Waals surface area contributed by atoms with Crippen LogP contribution in [0.2, 0.25) is 10.0 Å². The highest BCUT2D eigenvalue weighted by Gasteiger charge is 2.15. The number of halogens is 2. The zero-order valence-electron chi connectivity index (χ0n) is 17.0. The lowest BCUT2D eigenvalue weighted by Gasteiger charge is -2.09. The van der Waals surface area contributed by atoms with Crippen molar-refractivity contribution in [1.82, 2.24) is 5.32 Å². The second-order valence-corrected chi connectivity index (χ2v) is 9.18. The summed E-state index contributed by atoms with van der Waals surface area (Å²) < 4.78 is 6.00. The van der Waals surface area contributed by atoms with Gasteiger partial charge in [-0.3, -0.25) is 0 Å². The van der Waals surface area contributed by atoms with Gasteiger partial charge in [-0.15, -0.1) is 11.3 Å². The van der Waals surface area contributed by atoms with Crippen LogP contribution in [-0.4, -0.2) is 6.54 Å². The van der Waals surface area contributed by atoms with Gasteiger partial charge in [0, 0.05) is 17.5 Å². The first kappa shape index (κ1) is 22.7. The molecule has 0 fully saturated rings. The van der Waals surface area contributed by atoms with Crippen LogP contribution in [0, 0.1) is 17.2 Å². The van der Waals surface area contributed by atoms with Crippen molar-refractivity contribution >= 4 is 34.5 Å². The van der Waals surface area contributed by atoms with Crippen LogP contribution in [-0.2, 0) is 13.2 Å². The Balaban J connectivity index is 1.66. The van der Waals surface area contributed by atoms with E-state index in [0.29, 0.717) is 33.2 Å². The molecule has 0 atom stereocenters. The topological polar surface area (TPSA) is 45.0 Å². The molecule has 0 aliphatic rings. The molecular formula is C24H24Cl2N2OS. The van der Waals surface area contributed by atoms with Gasteiger partial charge in [0.15, 0.2) is 5.06 Å². The molecular weight excluding hydrogens is 435 g/mol. The van der Waals surface area contributed by atoms with Gasteiger partial charge in [-0.05, 0) is 47.7 Å². The molecule has 3 aromatic rings. The largest absolute Gasteiger partial charge is 0.478 e. The van der Waals surface area contributed by atoms with Crippen LogP contribution in [0.3, 0.4) is 0 Å². The Hall–Kier alpha value is -2.03. The Labute approximate surface area is 192 Å². The highest BCUT2D eigenvalue weighted by atomic mass is 35.5. The number of rotatable bonds is 9. The van der Waals surface area contributed by atoms with Gasteiger partial charge < -0.3 is 10.1 Å². The van der Waals surface area contributed by atoms with E-state index >= 15 is 0 Å². The fourth-order valence-corrected chi connectivity index (χ4v) is 4.21. The Morgan fingerprint density at radius 2 is 1.90 bits per heavy atom. The van der Waals surface area contributed by atoms with E-state index in [0.717, 1.165) is 29.8 Å². The standard InChI is InChI=1S/C24H24Cl2N2OS/c1-16(2)8-9-28-13-17-4-3-5-18(10-17)14-29-24-20(12-27)21(15-30-24)19-6-7-22(25)23(26)11-19/h3-7,10-11,15-16,28H,8-9,13-14H2,1-2H3. The zero-order chi connectivity index (χ0) is 21.5. The van der Waals surface area contributed by atoms with E-state index in [1.807, 2.05) is 23.6 Å². The Bertz CT molecular complexity index is 1040. The first-order valence-corrected chi connectivity index (χ1v) is 11.5. The van der Waals surface area contributed by atoms with Crippen molar-refractivity contribution in [2.24, 2.45) is 5.92 Å². The Kier molecular flexibility index (Phi) is 8.18. The summed E-state index contributed by atoms with van der Waals surface area (Å²) in [6.45, 7) is 6.72. The highest BCUT2D eigenvalue weighted by molar-refractivity contribution is 7.12. The summed E-state index contributed by atoms with van der Waals surface area (Å²) in [6.07, 6.45) is 1.17. The molecule has 0 bridgehead atoms. The average molecular weight is 459 g/mol. The van der Waals surface area contributed by atoms with Gasteiger partial charge >= 0.3 is 0 Å². The summed E-state index contributed by atoms with van der Waals surface area (Å²) in [5.74, 6) is 0.700. The normalized spacial score (nSPS) is 10.9. The van der Waals surface area contributed by atoms with Crippen molar-refractivity contribution in [3.63, 3.8) is 0 Å². The minimum atomic E-state index is 0.413. The van der Waals surface area contributed by atoms with E-state index in [2.05, 4.69) is 37.4 Å². The minimum Gasteiger partial charge on any atom is -0.478 e. The molecule has 1 aromatic heterocycles. The summed E-state index contributed by atoms with van der Waals surface area (Å²) in [4.78, 5) is 0. The van der Waals surface area contributed by atoms with Crippen LogP contribution in [0.25, 0.3) is 11.1 Å². The van der Waals surface area contributed by atoms with Crippen molar-refractivity contribution < 1.29 is 4.74 Å². The molecule has 3 nitrogen and oxygen atoms in total. The van der Waals surface area contributed by atoms with E-state index in [1.54, 1.807) is 12.1 Å². The van der Waals surface area contributed by atoms with Crippen molar-refractivity contribution in [1.29, 1.82) is 5.26 Å². The molecule has 0 saturated heterocycles. The van der Waals surface area contributed by atoms with Crippen LogP contribution in [0.4, 0.5) is 0 Å². The predicted molar refractivity (Wildman–Crippen MR) is 126 cm³/mol. The second-order valence-electron chi connectivity index (χ2n) is 7.52. The smallest absolute Gasteiger partial charge is 0.192 e. The number of hydrogen-bond donors (Lipinski definition) is 1. The van der Waals surface area contributed by atoms with Crippen molar-refractivity contribution in [2.75, 3.05) is 6.54 Å². The van der Waals surface area contributed by atoms with Crippen LogP contribution in [0.15, 0.2) is 47.8 Å². The lowest BCUT2D eigenvalue weighted by Crippen LogP contribution is -2.16. The molecule has 6 heteroatoms. The predicted octanol–water partition coefficient (Wildman–Crippen LogP) is 7.31. The zero-order valence-corrected chi connectivity index (χ0v) is 19.4. The third kappa shape index (κ3) is 6.00. The summed E-state index contributed by atoms with van der Waals surface area (Å²) in [6, 6.07) is 16.0. The maximum atomic E-state index is 9.68. The number of hydrogen-bond acceptors (Lipinski definition) is 4. The molecule has 30 heavy (non-hydrogen) atoms. The number of ether oxygens (including phenoxy) is 1. The van der Waals surface area contributed by atoms with Crippen LogP contribution < -0.4 is 10.1 Å². The third-order valence-corrected chi connectivity index (χ3v) is 6.32. The lowest BCUT2D eigenvalue weighted by molar-refractivity contribution is 0.315. The fourth-order valence-electron chi connectivity index (χ4n) is 3.03. The quantitative estimate of drug-likeness (QED) is 0.341. The maximum absolute atomic E-state index is 9.68. The van der Waals surface area contributed by atoms with Gasteiger partial charge in [0.25, 0.3) is 0 Å². The molecule has 0 saturated carbocycles. The number of thiophene rings is 1. The number of nitrogens with one attached hydrogen (secondary N) is 1. The van der Waals surface area contributed by atoms with Crippen molar-refractivity contribution in [3.05, 3.63) is 74.6 Å². The van der Waals surface area contributed by atoms with E-state index < -0.39 is 0 Å². The van der Waals surface area contributed by atoms with Gasteiger partial charge in [0.2, 0.25) is 0 Å². The molecule has 0 aliphatic heterocycles. The molecule has 0 unspecified atom stereocenters. The minimum absolute atomic E-state index is 0.413. The number of nitriles is 1. The Morgan fingerprint density at radius 1 is 1.10 bits per heavy atom. The van der Waals surface area contributed by atoms with E-state index in [4.69, 9.17) is 27.9 Å². The molecule has 3 rings (SSSR count). The van der Waals surface area contributed by atoms with E-state index in [-0.39, 0.29) is 0 Å². The molecule has 1 heterocycles. The first-order valence-electron chi connectivity index (χ1n) is 9.86. The van der Waals surface area contributed by atoms with Crippen molar-refractivity contribution in [2.45, 2.75) is 33.4 Å². The second kappa shape index (κ2) is 10.8. The van der Waals surface area contributed by atoms with Crippen LogP contribution in [0.5, 0.6) is 5.06 Å². The van der Waals surface area contributed by atoms with Gasteiger partial charge in [0.05, 0.1) is 10.0 Å². The molecule has 0 spiro atoms. The van der Waals surface area contributed by atoms with Gasteiger partial charge in [0.1, 0.15) is 18.2 Å². The molecule has 2 aromatic carbocycles. The molecule has 0 radical (unpaired) electrons. The van der Waals surface area contributed by atoms with Gasteiger partial charge in [-0.1, -0.05) is 67.4 Å². The summed E-state index contributed by atoms with van der Waals surface area (Å²) >= 11 is 13.6. The molecule has 156 valence electrons.